The van der Waals surface area contributed by atoms with Crippen molar-refractivity contribution in [3.8, 4) is 33.2 Å². The van der Waals surface area contributed by atoms with Crippen molar-refractivity contribution >= 4 is 28.4 Å². The number of nitro benzene ring substituents is 1. The molecule has 33 heavy (non-hydrogen) atoms. The minimum Gasteiger partial charge on any atom is -0.454 e. The van der Waals surface area contributed by atoms with Gasteiger partial charge in [-0.3, -0.25) is 10.1 Å². The first-order valence-electron chi connectivity index (χ1n) is 10.2. The molecular formula is C25H19N3O4S. The molecule has 1 aromatic heterocycles. The zero-order valence-corrected chi connectivity index (χ0v) is 18.8. The quantitative estimate of drug-likeness (QED) is 0.194. The van der Waals surface area contributed by atoms with Crippen LogP contribution in [0.15, 0.2) is 65.7 Å². The van der Waals surface area contributed by atoms with Gasteiger partial charge in [-0.1, -0.05) is 35.1 Å². The van der Waals surface area contributed by atoms with Gasteiger partial charge in [0.25, 0.3) is 5.69 Å². The lowest BCUT2D eigenvalue weighted by atomic mass is 10.0. The lowest BCUT2D eigenvalue weighted by molar-refractivity contribution is -0.384. The molecule has 5 rings (SSSR count). The van der Waals surface area contributed by atoms with Gasteiger partial charge in [-0.25, -0.2) is 9.98 Å². The number of benzene rings is 3. The minimum absolute atomic E-state index is 0.0531. The van der Waals surface area contributed by atoms with Gasteiger partial charge in [0, 0.05) is 23.9 Å². The highest BCUT2D eigenvalue weighted by molar-refractivity contribution is 7.19. The fourth-order valence-corrected chi connectivity index (χ4v) is 4.61. The Labute approximate surface area is 194 Å². The molecule has 7 nitrogen and oxygen atoms in total. The maximum atomic E-state index is 11.1. The predicted octanol–water partition coefficient (Wildman–Crippen LogP) is 6.48. The molecule has 0 amide bonds. The molecule has 4 aromatic rings. The monoisotopic (exact) mass is 457 g/mol. The number of nitro groups is 1. The molecule has 2 heterocycles. The van der Waals surface area contributed by atoms with Crippen LogP contribution in [0.25, 0.3) is 21.7 Å². The van der Waals surface area contributed by atoms with Crippen LogP contribution in [0.1, 0.15) is 16.7 Å². The first-order chi connectivity index (χ1) is 16.0. The Bertz CT molecular complexity index is 1390. The molecule has 0 atom stereocenters. The van der Waals surface area contributed by atoms with Gasteiger partial charge in [-0.15, -0.1) is 0 Å². The van der Waals surface area contributed by atoms with Crippen LogP contribution in [0, 0.1) is 24.0 Å². The highest BCUT2D eigenvalue weighted by Gasteiger charge is 2.18. The van der Waals surface area contributed by atoms with E-state index in [1.165, 1.54) is 29.0 Å². The van der Waals surface area contributed by atoms with Crippen LogP contribution in [0.5, 0.6) is 11.5 Å². The molecule has 0 unspecified atom stereocenters. The number of aryl methyl sites for hydroxylation is 2. The van der Waals surface area contributed by atoms with Gasteiger partial charge in [-0.05, 0) is 60.9 Å². The summed E-state index contributed by atoms with van der Waals surface area (Å²) >= 11 is 1.44. The van der Waals surface area contributed by atoms with Crippen LogP contribution < -0.4 is 9.47 Å². The molecule has 0 bridgehead atoms. The standard InChI is InChI=1S/C25H19N3O4S/c1-15-3-9-20(16(2)11-15)23-24(18-5-7-19(8-6-18)28(29)30)33-25(27-23)26-13-17-4-10-21-22(12-17)32-14-31-21/h3-13H,14H2,1-2H3. The van der Waals surface area contributed by atoms with Crippen LogP contribution in [0.4, 0.5) is 10.8 Å². The normalized spacial score (nSPS) is 12.4. The number of fused-ring (bicyclic) bond motifs is 1. The molecule has 1 aliphatic heterocycles. The summed E-state index contributed by atoms with van der Waals surface area (Å²) in [6.45, 7) is 4.33. The lowest BCUT2D eigenvalue weighted by Crippen LogP contribution is -1.92. The zero-order valence-electron chi connectivity index (χ0n) is 17.9. The van der Waals surface area contributed by atoms with Crippen molar-refractivity contribution in [2.45, 2.75) is 13.8 Å². The smallest absolute Gasteiger partial charge is 0.269 e. The minimum atomic E-state index is -0.400. The molecule has 0 fully saturated rings. The van der Waals surface area contributed by atoms with Gasteiger partial charge in [0.05, 0.1) is 15.5 Å². The van der Waals surface area contributed by atoms with Crippen molar-refractivity contribution in [2.24, 2.45) is 4.99 Å². The van der Waals surface area contributed by atoms with E-state index in [1.807, 2.05) is 18.2 Å². The van der Waals surface area contributed by atoms with Crippen LogP contribution in [-0.2, 0) is 0 Å². The summed E-state index contributed by atoms with van der Waals surface area (Å²) in [5, 5.41) is 11.7. The second kappa shape index (κ2) is 8.48. The van der Waals surface area contributed by atoms with Gasteiger partial charge in [0.1, 0.15) is 0 Å². The lowest BCUT2D eigenvalue weighted by Gasteiger charge is -2.07. The first-order valence-corrected chi connectivity index (χ1v) is 11.1. The number of hydrogen-bond acceptors (Lipinski definition) is 7. The number of hydrogen-bond donors (Lipinski definition) is 0. The Hall–Kier alpha value is -4.04. The average molecular weight is 458 g/mol. The Morgan fingerprint density at radius 1 is 1.03 bits per heavy atom. The van der Waals surface area contributed by atoms with E-state index in [9.17, 15) is 10.1 Å². The summed E-state index contributed by atoms with van der Waals surface area (Å²) in [6.07, 6.45) is 1.74. The second-order valence-corrected chi connectivity index (χ2v) is 8.64. The van der Waals surface area contributed by atoms with E-state index < -0.39 is 4.92 Å². The van der Waals surface area contributed by atoms with E-state index in [4.69, 9.17) is 14.5 Å². The molecule has 164 valence electrons. The van der Waals surface area contributed by atoms with E-state index >= 15 is 0 Å². The number of nitrogens with zero attached hydrogens (tertiary/aromatic N) is 3. The Morgan fingerprint density at radius 3 is 2.58 bits per heavy atom. The summed E-state index contributed by atoms with van der Waals surface area (Å²) in [5.74, 6) is 1.42. The number of ether oxygens (including phenoxy) is 2. The number of aromatic nitrogens is 1. The zero-order chi connectivity index (χ0) is 22.9. The van der Waals surface area contributed by atoms with Gasteiger partial charge in [0.2, 0.25) is 11.9 Å². The largest absolute Gasteiger partial charge is 0.454 e. The van der Waals surface area contributed by atoms with Gasteiger partial charge >= 0.3 is 0 Å². The Balaban J connectivity index is 1.56. The van der Waals surface area contributed by atoms with E-state index in [-0.39, 0.29) is 12.5 Å². The molecule has 0 spiro atoms. The van der Waals surface area contributed by atoms with Crippen molar-refractivity contribution in [1.82, 2.24) is 4.98 Å². The molecule has 0 N–H and O–H groups in total. The summed E-state index contributed by atoms with van der Waals surface area (Å²) in [5.41, 5.74) is 5.88. The highest BCUT2D eigenvalue weighted by atomic mass is 32.1. The summed E-state index contributed by atoms with van der Waals surface area (Å²) in [7, 11) is 0. The fourth-order valence-electron chi connectivity index (χ4n) is 3.68. The number of rotatable bonds is 5. The fraction of sp³-hybridized carbons (Fsp3) is 0.120. The Morgan fingerprint density at radius 2 is 1.82 bits per heavy atom. The van der Waals surface area contributed by atoms with E-state index in [0.29, 0.717) is 10.9 Å². The van der Waals surface area contributed by atoms with Gasteiger partial charge in [-0.2, -0.15) is 0 Å². The summed E-state index contributed by atoms with van der Waals surface area (Å²) in [6, 6.07) is 18.4. The number of aliphatic imine (C=N–C) groups is 1. The molecule has 0 aliphatic carbocycles. The summed E-state index contributed by atoms with van der Waals surface area (Å²) < 4.78 is 10.8. The maximum absolute atomic E-state index is 11.1. The van der Waals surface area contributed by atoms with Gasteiger partial charge in [0.15, 0.2) is 11.5 Å². The van der Waals surface area contributed by atoms with E-state index in [2.05, 4.69) is 37.0 Å². The topological polar surface area (TPSA) is 86.9 Å². The molecular weight excluding hydrogens is 438 g/mol. The average Bonchev–Trinajstić information content (AvgIpc) is 3.44. The van der Waals surface area contributed by atoms with E-state index in [1.54, 1.807) is 18.3 Å². The highest BCUT2D eigenvalue weighted by Crippen LogP contribution is 2.41. The molecule has 3 aromatic carbocycles. The molecule has 8 heteroatoms. The van der Waals surface area contributed by atoms with Crippen molar-refractivity contribution in [3.63, 3.8) is 0 Å². The van der Waals surface area contributed by atoms with Crippen molar-refractivity contribution in [3.05, 3.63) is 87.5 Å². The molecule has 0 saturated carbocycles. The van der Waals surface area contributed by atoms with Gasteiger partial charge < -0.3 is 9.47 Å². The van der Waals surface area contributed by atoms with Crippen molar-refractivity contribution in [1.29, 1.82) is 0 Å². The Kier molecular flexibility index (Phi) is 5.35. The number of thiazole rings is 1. The second-order valence-electron chi connectivity index (χ2n) is 7.67. The van der Waals surface area contributed by atoms with Crippen molar-refractivity contribution < 1.29 is 14.4 Å². The molecule has 0 radical (unpaired) electrons. The third-order valence-corrected chi connectivity index (χ3v) is 6.33. The first kappa shape index (κ1) is 20.8. The summed E-state index contributed by atoms with van der Waals surface area (Å²) in [4.78, 5) is 21.0. The van der Waals surface area contributed by atoms with Crippen LogP contribution in [0.3, 0.4) is 0 Å². The predicted molar refractivity (Wildman–Crippen MR) is 129 cm³/mol. The molecule has 1 aliphatic rings. The van der Waals surface area contributed by atoms with Crippen molar-refractivity contribution in [2.75, 3.05) is 6.79 Å². The van der Waals surface area contributed by atoms with Crippen LogP contribution in [-0.4, -0.2) is 22.9 Å². The maximum Gasteiger partial charge on any atom is 0.269 e. The van der Waals surface area contributed by atoms with Crippen LogP contribution in [0.2, 0.25) is 0 Å². The third-order valence-electron chi connectivity index (χ3n) is 5.31. The number of non-ortho nitro benzene ring substituents is 1. The van der Waals surface area contributed by atoms with E-state index in [0.717, 1.165) is 38.6 Å². The van der Waals surface area contributed by atoms with Crippen LogP contribution >= 0.6 is 11.3 Å². The SMILES string of the molecule is Cc1ccc(-c2nc(N=Cc3ccc4c(c3)OCO4)sc2-c2ccc([N+](=O)[O-])cc2)c(C)c1. The molecule has 0 saturated heterocycles. The third kappa shape index (κ3) is 4.20.